The molecule has 0 spiro atoms. The third kappa shape index (κ3) is 2.84. The van der Waals surface area contributed by atoms with Crippen molar-refractivity contribution < 1.29 is 9.47 Å². The third-order valence-corrected chi connectivity index (χ3v) is 2.82. The number of benzene rings is 2. The number of fused-ring (bicyclic) bond motifs is 1. The Hall–Kier alpha value is -1.38. The van der Waals surface area contributed by atoms with Crippen molar-refractivity contribution in [3.05, 3.63) is 55.1 Å². The van der Waals surface area contributed by atoms with Crippen LogP contribution in [0.3, 0.4) is 0 Å². The molecule has 2 rings (SSSR count). The Labute approximate surface area is 102 Å². The lowest BCUT2D eigenvalue weighted by Gasteiger charge is -2.14. The van der Waals surface area contributed by atoms with Crippen LogP contribution in [-0.4, -0.2) is 6.29 Å². The van der Waals surface area contributed by atoms with E-state index < -0.39 is 0 Å². The van der Waals surface area contributed by atoms with Crippen LogP contribution in [0.2, 0.25) is 0 Å². The van der Waals surface area contributed by atoms with Crippen LogP contribution in [0.4, 0.5) is 0 Å². The van der Waals surface area contributed by atoms with Crippen molar-refractivity contribution in [2.75, 3.05) is 0 Å². The summed E-state index contributed by atoms with van der Waals surface area (Å²) in [5.41, 5.74) is 1.18. The molecule has 0 N–H and O–H groups in total. The first-order valence-electron chi connectivity index (χ1n) is 5.84. The maximum Gasteiger partial charge on any atom is 0.157 e. The van der Waals surface area contributed by atoms with E-state index in [0.29, 0.717) is 6.61 Å². The van der Waals surface area contributed by atoms with Crippen molar-refractivity contribution in [1.29, 1.82) is 0 Å². The quantitative estimate of drug-likeness (QED) is 0.724. The lowest BCUT2D eigenvalue weighted by Crippen LogP contribution is -2.12. The second-order valence-corrected chi connectivity index (χ2v) is 3.95. The molecular weight excluding hydrogens is 212 g/mol. The standard InChI is InChI=1S/C15H17O2/c1-3-15(16-2)17-11-13-9-6-8-12-7-4-5-10-14(12)13/h4-10,15H,2-3,11H2,1H3. The normalized spacial score (nSPS) is 12.8. The fourth-order valence-electron chi connectivity index (χ4n) is 1.88. The van der Waals surface area contributed by atoms with Crippen molar-refractivity contribution in [3.63, 3.8) is 0 Å². The highest BCUT2D eigenvalue weighted by molar-refractivity contribution is 5.85. The highest BCUT2D eigenvalue weighted by atomic mass is 16.7. The van der Waals surface area contributed by atoms with Crippen molar-refractivity contribution in [2.45, 2.75) is 26.2 Å². The van der Waals surface area contributed by atoms with E-state index >= 15 is 0 Å². The molecule has 1 radical (unpaired) electrons. The highest BCUT2D eigenvalue weighted by Crippen LogP contribution is 2.19. The van der Waals surface area contributed by atoms with Crippen LogP contribution in [0, 0.1) is 7.11 Å². The molecule has 0 aliphatic heterocycles. The molecule has 0 aliphatic carbocycles. The second kappa shape index (κ2) is 5.80. The van der Waals surface area contributed by atoms with Gasteiger partial charge < -0.3 is 9.47 Å². The average Bonchev–Trinajstić information content (AvgIpc) is 2.40. The molecule has 0 aromatic heterocycles. The number of ether oxygens (including phenoxy) is 2. The molecule has 0 bridgehead atoms. The van der Waals surface area contributed by atoms with Gasteiger partial charge in [0.1, 0.15) is 0 Å². The largest absolute Gasteiger partial charge is 0.350 e. The number of hydrogen-bond donors (Lipinski definition) is 0. The summed E-state index contributed by atoms with van der Waals surface area (Å²) in [6.07, 6.45) is 0.572. The van der Waals surface area contributed by atoms with Gasteiger partial charge in [-0.1, -0.05) is 49.4 Å². The Balaban J connectivity index is 2.18. The summed E-state index contributed by atoms with van der Waals surface area (Å²) >= 11 is 0. The van der Waals surface area contributed by atoms with Crippen LogP contribution in [0.5, 0.6) is 0 Å². The van der Waals surface area contributed by atoms with E-state index in [2.05, 4.69) is 31.4 Å². The molecule has 0 aliphatic rings. The van der Waals surface area contributed by atoms with Gasteiger partial charge >= 0.3 is 0 Å². The fraction of sp³-hybridized carbons (Fsp3) is 0.267. The maximum absolute atomic E-state index is 5.65. The Morgan fingerprint density at radius 1 is 1.12 bits per heavy atom. The minimum absolute atomic E-state index is 0.228. The summed E-state index contributed by atoms with van der Waals surface area (Å²) in [7, 11) is 3.41. The van der Waals surface area contributed by atoms with Gasteiger partial charge in [-0.05, 0) is 22.8 Å². The topological polar surface area (TPSA) is 18.5 Å². The molecule has 2 aromatic rings. The van der Waals surface area contributed by atoms with Crippen molar-refractivity contribution in [3.8, 4) is 0 Å². The van der Waals surface area contributed by atoms with Crippen LogP contribution in [0.15, 0.2) is 42.5 Å². The molecule has 0 fully saturated rings. The molecule has 2 nitrogen and oxygen atoms in total. The molecular formula is C15H17O2. The van der Waals surface area contributed by atoms with Gasteiger partial charge in [-0.3, -0.25) is 0 Å². The molecule has 0 saturated carbocycles. The monoisotopic (exact) mass is 229 g/mol. The van der Waals surface area contributed by atoms with Gasteiger partial charge in [0.05, 0.1) is 13.7 Å². The zero-order valence-corrected chi connectivity index (χ0v) is 10.1. The molecule has 1 unspecified atom stereocenters. The van der Waals surface area contributed by atoms with E-state index in [9.17, 15) is 0 Å². The van der Waals surface area contributed by atoms with Gasteiger partial charge in [0.15, 0.2) is 6.29 Å². The summed E-state index contributed by atoms with van der Waals surface area (Å²) in [5.74, 6) is 0. The minimum atomic E-state index is -0.228. The van der Waals surface area contributed by atoms with Crippen LogP contribution in [0.25, 0.3) is 10.8 Å². The summed E-state index contributed by atoms with van der Waals surface area (Å²) in [5, 5.41) is 2.46. The van der Waals surface area contributed by atoms with Gasteiger partial charge in [0.2, 0.25) is 0 Å². The number of hydrogen-bond acceptors (Lipinski definition) is 2. The molecule has 0 heterocycles. The van der Waals surface area contributed by atoms with E-state index in [1.807, 2.05) is 25.1 Å². The zero-order valence-electron chi connectivity index (χ0n) is 10.1. The molecule has 17 heavy (non-hydrogen) atoms. The van der Waals surface area contributed by atoms with Gasteiger partial charge in [-0.25, -0.2) is 0 Å². The molecule has 2 heteroatoms. The molecule has 2 aromatic carbocycles. The number of rotatable bonds is 5. The summed E-state index contributed by atoms with van der Waals surface area (Å²) in [6, 6.07) is 14.5. The molecule has 89 valence electrons. The summed E-state index contributed by atoms with van der Waals surface area (Å²) < 4.78 is 10.6. The van der Waals surface area contributed by atoms with Gasteiger partial charge in [0.25, 0.3) is 0 Å². The highest BCUT2D eigenvalue weighted by Gasteiger charge is 2.06. The lowest BCUT2D eigenvalue weighted by molar-refractivity contribution is -0.118. The van der Waals surface area contributed by atoms with Crippen molar-refractivity contribution in [2.24, 2.45) is 0 Å². The molecule has 0 amide bonds. The van der Waals surface area contributed by atoms with Gasteiger partial charge in [-0.15, -0.1) is 0 Å². The maximum atomic E-state index is 5.65. The van der Waals surface area contributed by atoms with E-state index in [-0.39, 0.29) is 6.29 Å². The van der Waals surface area contributed by atoms with Crippen LogP contribution >= 0.6 is 0 Å². The smallest absolute Gasteiger partial charge is 0.157 e. The first kappa shape index (κ1) is 12.1. The van der Waals surface area contributed by atoms with E-state index in [1.54, 1.807) is 0 Å². The van der Waals surface area contributed by atoms with Crippen LogP contribution in [-0.2, 0) is 16.1 Å². The molecule has 1 atom stereocenters. The third-order valence-electron chi connectivity index (χ3n) is 2.82. The predicted octanol–water partition coefficient (Wildman–Crippen LogP) is 3.90. The SMILES string of the molecule is [CH2]OC(CC)OCc1cccc2ccccc12. The second-order valence-electron chi connectivity index (χ2n) is 3.95. The summed E-state index contributed by atoms with van der Waals surface area (Å²) in [4.78, 5) is 0. The Bertz CT molecular complexity index is 470. The first-order chi connectivity index (χ1) is 8.35. The predicted molar refractivity (Wildman–Crippen MR) is 69.3 cm³/mol. The fourth-order valence-corrected chi connectivity index (χ4v) is 1.88. The zero-order chi connectivity index (χ0) is 12.1. The van der Waals surface area contributed by atoms with E-state index in [1.165, 1.54) is 16.3 Å². The Kier molecular flexibility index (Phi) is 4.13. The van der Waals surface area contributed by atoms with Crippen molar-refractivity contribution in [1.82, 2.24) is 0 Å². The lowest BCUT2D eigenvalue weighted by atomic mass is 10.1. The van der Waals surface area contributed by atoms with Crippen LogP contribution in [0.1, 0.15) is 18.9 Å². The van der Waals surface area contributed by atoms with E-state index in [4.69, 9.17) is 9.47 Å². The van der Waals surface area contributed by atoms with E-state index in [0.717, 1.165) is 6.42 Å². The summed E-state index contributed by atoms with van der Waals surface area (Å²) in [6.45, 7) is 2.56. The first-order valence-corrected chi connectivity index (χ1v) is 5.84. The van der Waals surface area contributed by atoms with Crippen molar-refractivity contribution >= 4 is 10.8 Å². The average molecular weight is 229 g/mol. The van der Waals surface area contributed by atoms with Gasteiger partial charge in [-0.2, -0.15) is 0 Å². The minimum Gasteiger partial charge on any atom is -0.350 e. The van der Waals surface area contributed by atoms with Crippen LogP contribution < -0.4 is 0 Å². The Morgan fingerprint density at radius 3 is 2.65 bits per heavy atom. The molecule has 0 saturated heterocycles. The van der Waals surface area contributed by atoms with Gasteiger partial charge in [0, 0.05) is 0 Å². The Morgan fingerprint density at radius 2 is 1.88 bits per heavy atom.